The van der Waals surface area contributed by atoms with Crippen molar-refractivity contribution in [1.29, 1.82) is 0 Å². The summed E-state index contributed by atoms with van der Waals surface area (Å²) in [5.41, 5.74) is 1.71. The lowest BCUT2D eigenvalue weighted by Gasteiger charge is -2.55. The molecule has 8 heteroatoms. The molecule has 1 heterocycles. The molecule has 4 saturated carbocycles. The Morgan fingerprint density at radius 1 is 0.974 bits per heavy atom. The number of carbonyl (C=O) groups is 2. The molecule has 8 nitrogen and oxygen atoms in total. The van der Waals surface area contributed by atoms with Gasteiger partial charge in [-0.15, -0.1) is 5.10 Å². The monoisotopic (exact) mass is 528 g/mol. The molecule has 1 unspecified atom stereocenters. The van der Waals surface area contributed by atoms with Crippen LogP contribution in [0.2, 0.25) is 0 Å². The van der Waals surface area contributed by atoms with Crippen LogP contribution in [0.5, 0.6) is 0 Å². The van der Waals surface area contributed by atoms with Gasteiger partial charge in [0.05, 0.1) is 6.20 Å². The van der Waals surface area contributed by atoms with Crippen molar-refractivity contribution in [1.82, 2.24) is 20.3 Å². The molecule has 3 aromatic rings. The van der Waals surface area contributed by atoms with Gasteiger partial charge in [0.15, 0.2) is 0 Å². The largest absolute Gasteiger partial charge is 0.459 e. The third-order valence-corrected chi connectivity index (χ3v) is 8.93. The third-order valence-electron chi connectivity index (χ3n) is 8.93. The van der Waals surface area contributed by atoms with Crippen molar-refractivity contribution in [2.45, 2.75) is 70.2 Å². The van der Waals surface area contributed by atoms with Gasteiger partial charge >= 0.3 is 5.97 Å². The van der Waals surface area contributed by atoms with Crippen LogP contribution < -0.4 is 5.32 Å². The fourth-order valence-corrected chi connectivity index (χ4v) is 7.39. The zero-order valence-electron chi connectivity index (χ0n) is 22.1. The minimum absolute atomic E-state index is 0.00189. The van der Waals surface area contributed by atoms with E-state index in [-0.39, 0.29) is 17.9 Å². The molecule has 1 aromatic heterocycles. The van der Waals surface area contributed by atoms with Crippen molar-refractivity contribution in [3.05, 3.63) is 83.7 Å². The Bertz CT molecular complexity index is 1260. The lowest BCUT2D eigenvalue weighted by molar-refractivity contribution is -0.155. The quantitative estimate of drug-likeness (QED) is 0.382. The van der Waals surface area contributed by atoms with E-state index in [0.717, 1.165) is 30.4 Å². The molecule has 2 atom stereocenters. The van der Waals surface area contributed by atoms with Gasteiger partial charge in [0.1, 0.15) is 24.4 Å². The molecule has 39 heavy (non-hydrogen) atoms. The van der Waals surface area contributed by atoms with E-state index in [1.165, 1.54) is 19.3 Å². The first-order valence-electron chi connectivity index (χ1n) is 14.1. The number of hydrogen-bond donors (Lipinski definition) is 2. The number of aliphatic hydroxyl groups is 1. The van der Waals surface area contributed by atoms with Gasteiger partial charge in [-0.3, -0.25) is 9.48 Å². The van der Waals surface area contributed by atoms with E-state index in [2.05, 4.69) is 15.6 Å². The van der Waals surface area contributed by atoms with Crippen LogP contribution in [0.4, 0.5) is 0 Å². The van der Waals surface area contributed by atoms with E-state index >= 15 is 0 Å². The molecule has 204 valence electrons. The van der Waals surface area contributed by atoms with Crippen LogP contribution in [-0.2, 0) is 27.5 Å². The minimum Gasteiger partial charge on any atom is -0.459 e. The standard InChI is InChI=1S/C31H36N4O4/c36-28(25-9-5-2-6-10-25)27-19-35(34-33-27)12-11-26(29(37)39-20-21-7-3-1-4-8-21)32-30(38)31-16-22-13-23(17-31)15-24(14-22)18-31/h1-10,19,22-24,26,28,36H,11-18,20H2,(H,32,38)/t22?,23?,24?,26-,28?,31?/m0/s1. The van der Waals surface area contributed by atoms with Crippen LogP contribution in [0.3, 0.4) is 0 Å². The highest BCUT2D eigenvalue weighted by atomic mass is 16.5. The van der Waals surface area contributed by atoms with Crippen molar-refractivity contribution < 1.29 is 19.4 Å². The van der Waals surface area contributed by atoms with Gasteiger partial charge < -0.3 is 15.2 Å². The molecule has 4 bridgehead atoms. The molecule has 0 spiro atoms. The average molecular weight is 529 g/mol. The lowest BCUT2D eigenvalue weighted by atomic mass is 9.49. The number of benzene rings is 2. The first-order chi connectivity index (χ1) is 19.0. The fraction of sp³-hybridized carbons (Fsp3) is 0.484. The molecular formula is C31H36N4O4. The number of rotatable bonds is 10. The summed E-state index contributed by atoms with van der Waals surface area (Å²) in [6.07, 6.45) is 7.65. The summed E-state index contributed by atoms with van der Waals surface area (Å²) in [6.45, 7) is 0.501. The van der Waals surface area contributed by atoms with Crippen LogP contribution in [0.1, 0.15) is 67.9 Å². The van der Waals surface area contributed by atoms with Gasteiger partial charge in [-0.2, -0.15) is 0 Å². The molecule has 2 aromatic carbocycles. The highest BCUT2D eigenvalue weighted by Gasteiger charge is 2.55. The van der Waals surface area contributed by atoms with Gasteiger partial charge in [0.25, 0.3) is 0 Å². The molecule has 7 rings (SSSR count). The maximum absolute atomic E-state index is 13.8. The zero-order valence-corrected chi connectivity index (χ0v) is 22.1. The predicted molar refractivity (Wildman–Crippen MR) is 144 cm³/mol. The number of aryl methyl sites for hydroxylation is 1. The number of esters is 1. The number of aromatic nitrogens is 3. The summed E-state index contributed by atoms with van der Waals surface area (Å²) in [5, 5.41) is 22.1. The predicted octanol–water partition coefficient (Wildman–Crippen LogP) is 4.19. The number of nitrogens with zero attached hydrogens (tertiary/aromatic N) is 3. The summed E-state index contributed by atoms with van der Waals surface area (Å²) in [7, 11) is 0. The summed E-state index contributed by atoms with van der Waals surface area (Å²) in [5.74, 6) is 1.46. The van der Waals surface area contributed by atoms with Gasteiger partial charge in [0, 0.05) is 12.0 Å². The fourth-order valence-electron chi connectivity index (χ4n) is 7.39. The molecule has 4 aliphatic rings. The molecule has 4 fully saturated rings. The Labute approximate surface area is 228 Å². The first kappa shape index (κ1) is 25.7. The van der Waals surface area contributed by atoms with E-state index in [4.69, 9.17) is 4.74 Å². The van der Waals surface area contributed by atoms with Crippen LogP contribution in [0, 0.1) is 23.2 Å². The van der Waals surface area contributed by atoms with Gasteiger partial charge in [-0.1, -0.05) is 65.9 Å². The highest BCUT2D eigenvalue weighted by molar-refractivity contribution is 5.88. The van der Waals surface area contributed by atoms with Gasteiger partial charge in [-0.05, 0) is 73.8 Å². The van der Waals surface area contributed by atoms with Crippen LogP contribution >= 0.6 is 0 Å². The average Bonchev–Trinajstić information content (AvgIpc) is 3.43. The highest BCUT2D eigenvalue weighted by Crippen LogP contribution is 2.60. The molecular weight excluding hydrogens is 492 g/mol. The molecule has 4 aliphatic carbocycles. The van der Waals surface area contributed by atoms with Crippen molar-refractivity contribution >= 4 is 11.9 Å². The summed E-state index contributed by atoms with van der Waals surface area (Å²) >= 11 is 0. The topological polar surface area (TPSA) is 106 Å². The Morgan fingerprint density at radius 2 is 1.59 bits per heavy atom. The van der Waals surface area contributed by atoms with E-state index in [0.29, 0.717) is 36.4 Å². The number of nitrogens with one attached hydrogen (secondary N) is 1. The number of carbonyl (C=O) groups excluding carboxylic acids is 2. The maximum Gasteiger partial charge on any atom is 0.329 e. The lowest BCUT2D eigenvalue weighted by Crippen LogP contribution is -2.56. The third kappa shape index (κ3) is 5.62. The molecule has 1 amide bonds. The Hall–Kier alpha value is -3.52. The minimum atomic E-state index is -0.887. The second-order valence-corrected chi connectivity index (χ2v) is 11.8. The van der Waals surface area contributed by atoms with Crippen molar-refractivity contribution in [3.8, 4) is 0 Å². The second kappa shape index (κ2) is 10.9. The van der Waals surface area contributed by atoms with Crippen molar-refractivity contribution in [3.63, 3.8) is 0 Å². The Balaban J connectivity index is 1.14. The van der Waals surface area contributed by atoms with E-state index in [1.54, 1.807) is 10.9 Å². The molecule has 0 saturated heterocycles. The van der Waals surface area contributed by atoms with Crippen LogP contribution in [0.15, 0.2) is 66.9 Å². The smallest absolute Gasteiger partial charge is 0.329 e. The number of ether oxygens (including phenoxy) is 1. The van der Waals surface area contributed by atoms with Crippen molar-refractivity contribution in [2.75, 3.05) is 0 Å². The first-order valence-corrected chi connectivity index (χ1v) is 14.1. The molecule has 0 radical (unpaired) electrons. The number of hydrogen-bond acceptors (Lipinski definition) is 6. The number of aliphatic hydroxyl groups excluding tert-OH is 1. The molecule has 2 N–H and O–H groups in total. The van der Waals surface area contributed by atoms with Gasteiger partial charge in [0.2, 0.25) is 5.91 Å². The normalized spacial score (nSPS) is 26.6. The zero-order chi connectivity index (χ0) is 26.8. The van der Waals surface area contributed by atoms with E-state index in [1.807, 2.05) is 60.7 Å². The molecule has 0 aliphatic heterocycles. The van der Waals surface area contributed by atoms with E-state index < -0.39 is 18.1 Å². The van der Waals surface area contributed by atoms with Crippen LogP contribution in [-0.4, -0.2) is 38.0 Å². The summed E-state index contributed by atoms with van der Waals surface area (Å²) < 4.78 is 7.27. The van der Waals surface area contributed by atoms with Crippen molar-refractivity contribution in [2.24, 2.45) is 23.2 Å². The van der Waals surface area contributed by atoms with Gasteiger partial charge in [-0.25, -0.2) is 4.79 Å². The SMILES string of the molecule is O=C(OCc1ccccc1)[C@H](CCn1cc(C(O)c2ccccc2)nn1)NC(=O)C12CC3CC(CC(C3)C1)C2. The maximum atomic E-state index is 13.8. The Kier molecular flexibility index (Phi) is 7.21. The summed E-state index contributed by atoms with van der Waals surface area (Å²) in [4.78, 5) is 27.0. The van der Waals surface area contributed by atoms with E-state index in [9.17, 15) is 14.7 Å². The Morgan fingerprint density at radius 3 is 2.23 bits per heavy atom. The summed E-state index contributed by atoms with van der Waals surface area (Å²) in [6, 6.07) is 18.0. The van der Waals surface area contributed by atoms with Crippen LogP contribution in [0.25, 0.3) is 0 Å². The second-order valence-electron chi connectivity index (χ2n) is 11.8. The number of amides is 1.